The predicted molar refractivity (Wildman–Crippen MR) is 53.9 cm³/mol. The summed E-state index contributed by atoms with van der Waals surface area (Å²) >= 11 is 0. The smallest absolute Gasteiger partial charge is 0.229 e. The number of hydrogen-bond acceptors (Lipinski definition) is 3. The van der Waals surface area contributed by atoms with Gasteiger partial charge in [-0.15, -0.1) is 0 Å². The molecule has 1 aliphatic rings. The lowest BCUT2D eigenvalue weighted by Crippen LogP contribution is -2.28. The lowest BCUT2D eigenvalue weighted by molar-refractivity contribution is -0.117. The van der Waals surface area contributed by atoms with Crippen LogP contribution in [0.5, 0.6) is 0 Å². The molecular formula is C10H13N3O. The van der Waals surface area contributed by atoms with Crippen molar-refractivity contribution in [1.82, 2.24) is 4.98 Å². The fourth-order valence-electron chi connectivity index (χ4n) is 1.62. The van der Waals surface area contributed by atoms with Gasteiger partial charge >= 0.3 is 0 Å². The number of aromatic nitrogens is 1. The van der Waals surface area contributed by atoms with Crippen LogP contribution in [-0.2, 0) is 4.79 Å². The maximum Gasteiger partial charge on any atom is 0.229 e. The Hall–Kier alpha value is -1.42. The van der Waals surface area contributed by atoms with Gasteiger partial charge in [-0.05, 0) is 24.6 Å². The second kappa shape index (κ2) is 3.38. The molecule has 1 atom stereocenters. The van der Waals surface area contributed by atoms with Crippen LogP contribution in [0.4, 0.5) is 5.82 Å². The molecule has 1 aliphatic heterocycles. The molecule has 1 amide bonds. The van der Waals surface area contributed by atoms with Crippen LogP contribution in [0.2, 0.25) is 0 Å². The molecule has 1 aromatic heterocycles. The first-order valence-corrected chi connectivity index (χ1v) is 4.65. The van der Waals surface area contributed by atoms with E-state index in [9.17, 15) is 4.79 Å². The Morgan fingerprint density at radius 1 is 1.64 bits per heavy atom. The molecule has 1 fully saturated rings. The summed E-state index contributed by atoms with van der Waals surface area (Å²) in [5, 5.41) is 0. The van der Waals surface area contributed by atoms with E-state index in [0.29, 0.717) is 18.8 Å². The molecule has 4 nitrogen and oxygen atoms in total. The van der Waals surface area contributed by atoms with E-state index in [1.165, 1.54) is 0 Å². The highest BCUT2D eigenvalue weighted by molar-refractivity contribution is 5.95. The Labute approximate surface area is 82.7 Å². The monoisotopic (exact) mass is 191 g/mol. The molecule has 14 heavy (non-hydrogen) atoms. The van der Waals surface area contributed by atoms with Gasteiger partial charge in [0.15, 0.2) is 0 Å². The summed E-state index contributed by atoms with van der Waals surface area (Å²) in [6.45, 7) is 2.56. The molecule has 0 bridgehead atoms. The van der Waals surface area contributed by atoms with Gasteiger partial charge in [0.1, 0.15) is 5.82 Å². The van der Waals surface area contributed by atoms with Crippen molar-refractivity contribution in [2.24, 2.45) is 5.73 Å². The molecule has 2 heterocycles. The fraction of sp³-hybridized carbons (Fsp3) is 0.400. The predicted octanol–water partition coefficient (Wildman–Crippen LogP) is 0.454. The number of amides is 1. The highest BCUT2D eigenvalue weighted by Gasteiger charge is 2.28. The SMILES string of the molecule is Cc1ccnc(N2CC(N)CC2=O)c1. The summed E-state index contributed by atoms with van der Waals surface area (Å²) < 4.78 is 0. The lowest BCUT2D eigenvalue weighted by Gasteiger charge is -2.14. The normalized spacial score (nSPS) is 21.7. The van der Waals surface area contributed by atoms with E-state index in [0.717, 1.165) is 5.56 Å². The van der Waals surface area contributed by atoms with E-state index in [4.69, 9.17) is 5.73 Å². The van der Waals surface area contributed by atoms with E-state index in [1.54, 1.807) is 11.1 Å². The van der Waals surface area contributed by atoms with Crippen LogP contribution in [0, 0.1) is 6.92 Å². The Morgan fingerprint density at radius 3 is 3.00 bits per heavy atom. The number of carbonyl (C=O) groups excluding carboxylic acids is 1. The summed E-state index contributed by atoms with van der Waals surface area (Å²) in [6, 6.07) is 3.75. The topological polar surface area (TPSA) is 59.2 Å². The van der Waals surface area contributed by atoms with Crippen LogP contribution >= 0.6 is 0 Å². The average Bonchev–Trinajstić information content (AvgIpc) is 2.45. The molecule has 0 aliphatic carbocycles. The number of carbonyl (C=O) groups is 1. The van der Waals surface area contributed by atoms with Gasteiger partial charge in [0.25, 0.3) is 0 Å². The highest BCUT2D eigenvalue weighted by Crippen LogP contribution is 2.18. The third-order valence-electron chi connectivity index (χ3n) is 2.33. The van der Waals surface area contributed by atoms with Gasteiger partial charge in [0, 0.05) is 25.2 Å². The Morgan fingerprint density at radius 2 is 2.43 bits per heavy atom. The first-order chi connectivity index (χ1) is 6.66. The van der Waals surface area contributed by atoms with Gasteiger partial charge in [-0.1, -0.05) is 0 Å². The molecule has 1 aromatic rings. The second-order valence-corrected chi connectivity index (χ2v) is 3.66. The number of anilines is 1. The van der Waals surface area contributed by atoms with Crippen LogP contribution < -0.4 is 10.6 Å². The number of pyridine rings is 1. The first-order valence-electron chi connectivity index (χ1n) is 4.65. The van der Waals surface area contributed by atoms with E-state index in [1.807, 2.05) is 19.1 Å². The van der Waals surface area contributed by atoms with Crippen molar-refractivity contribution in [1.29, 1.82) is 0 Å². The highest BCUT2D eigenvalue weighted by atomic mass is 16.2. The minimum atomic E-state index is -0.0511. The van der Waals surface area contributed by atoms with Gasteiger partial charge < -0.3 is 5.73 Å². The first kappa shape index (κ1) is 9.15. The fourth-order valence-corrected chi connectivity index (χ4v) is 1.62. The molecule has 74 valence electrons. The van der Waals surface area contributed by atoms with Gasteiger partial charge in [-0.25, -0.2) is 4.98 Å². The summed E-state index contributed by atoms with van der Waals surface area (Å²) in [5.41, 5.74) is 6.80. The third kappa shape index (κ3) is 1.61. The molecule has 2 N–H and O–H groups in total. The van der Waals surface area contributed by atoms with Crippen molar-refractivity contribution >= 4 is 11.7 Å². The summed E-state index contributed by atoms with van der Waals surface area (Å²) in [7, 11) is 0. The molecular weight excluding hydrogens is 178 g/mol. The van der Waals surface area contributed by atoms with Crippen LogP contribution in [0.1, 0.15) is 12.0 Å². The molecule has 0 spiro atoms. The maximum atomic E-state index is 11.5. The van der Waals surface area contributed by atoms with Crippen LogP contribution in [-0.4, -0.2) is 23.5 Å². The zero-order chi connectivity index (χ0) is 10.1. The number of hydrogen-bond donors (Lipinski definition) is 1. The van der Waals surface area contributed by atoms with E-state index in [-0.39, 0.29) is 11.9 Å². The molecule has 0 aromatic carbocycles. The summed E-state index contributed by atoms with van der Waals surface area (Å²) in [6.07, 6.45) is 2.14. The van der Waals surface area contributed by atoms with E-state index in [2.05, 4.69) is 4.98 Å². The number of nitrogens with zero attached hydrogens (tertiary/aromatic N) is 2. The number of rotatable bonds is 1. The van der Waals surface area contributed by atoms with Gasteiger partial charge in [-0.2, -0.15) is 0 Å². The van der Waals surface area contributed by atoms with Crippen LogP contribution in [0.3, 0.4) is 0 Å². The Bertz CT molecular complexity index is 364. The largest absolute Gasteiger partial charge is 0.326 e. The molecule has 2 rings (SSSR count). The van der Waals surface area contributed by atoms with Crippen molar-refractivity contribution in [2.45, 2.75) is 19.4 Å². The zero-order valence-electron chi connectivity index (χ0n) is 8.10. The van der Waals surface area contributed by atoms with Crippen molar-refractivity contribution in [3.8, 4) is 0 Å². The van der Waals surface area contributed by atoms with Crippen molar-refractivity contribution in [3.63, 3.8) is 0 Å². The van der Waals surface area contributed by atoms with Crippen LogP contribution in [0.25, 0.3) is 0 Å². The van der Waals surface area contributed by atoms with Crippen molar-refractivity contribution in [3.05, 3.63) is 23.9 Å². The maximum absolute atomic E-state index is 11.5. The van der Waals surface area contributed by atoms with E-state index >= 15 is 0 Å². The molecule has 1 unspecified atom stereocenters. The van der Waals surface area contributed by atoms with Gasteiger partial charge in [0.05, 0.1) is 0 Å². The lowest BCUT2D eigenvalue weighted by atomic mass is 10.3. The number of nitrogens with two attached hydrogens (primary N) is 1. The molecule has 4 heteroatoms. The Kier molecular flexibility index (Phi) is 2.21. The van der Waals surface area contributed by atoms with Gasteiger partial charge in [0.2, 0.25) is 5.91 Å². The number of aryl methyl sites for hydroxylation is 1. The standard InChI is InChI=1S/C10H13N3O/c1-7-2-3-12-9(4-7)13-6-8(11)5-10(13)14/h2-4,8H,5-6,11H2,1H3. The van der Waals surface area contributed by atoms with Crippen molar-refractivity contribution in [2.75, 3.05) is 11.4 Å². The van der Waals surface area contributed by atoms with Crippen molar-refractivity contribution < 1.29 is 4.79 Å². The molecule has 1 saturated heterocycles. The molecule has 0 saturated carbocycles. The summed E-state index contributed by atoms with van der Waals surface area (Å²) in [4.78, 5) is 17.3. The minimum absolute atomic E-state index is 0.0511. The van der Waals surface area contributed by atoms with Crippen LogP contribution in [0.15, 0.2) is 18.3 Å². The average molecular weight is 191 g/mol. The zero-order valence-corrected chi connectivity index (χ0v) is 8.10. The van der Waals surface area contributed by atoms with Gasteiger partial charge in [-0.3, -0.25) is 9.69 Å². The van der Waals surface area contributed by atoms with E-state index < -0.39 is 0 Å². The minimum Gasteiger partial charge on any atom is -0.326 e. The second-order valence-electron chi connectivity index (χ2n) is 3.66. The Balaban J connectivity index is 2.27. The summed E-state index contributed by atoms with van der Waals surface area (Å²) in [5.74, 6) is 0.776. The quantitative estimate of drug-likeness (QED) is 0.701. The molecule has 0 radical (unpaired) electrons. The third-order valence-corrected chi connectivity index (χ3v) is 2.33.